The van der Waals surface area contributed by atoms with Crippen molar-refractivity contribution in [2.45, 2.75) is 44.3 Å². The highest BCUT2D eigenvalue weighted by Gasteiger charge is 2.26. The molecule has 3 rings (SSSR count). The highest BCUT2D eigenvalue weighted by atomic mass is 35.5. The van der Waals surface area contributed by atoms with Crippen molar-refractivity contribution in [1.82, 2.24) is 10.2 Å². The molecule has 0 radical (unpaired) electrons. The lowest BCUT2D eigenvalue weighted by atomic mass is 9.97. The lowest BCUT2D eigenvalue weighted by Crippen LogP contribution is -2.43. The van der Waals surface area contributed by atoms with Crippen LogP contribution in [-0.4, -0.2) is 63.0 Å². The van der Waals surface area contributed by atoms with Crippen LogP contribution in [0, 0.1) is 5.92 Å². The van der Waals surface area contributed by atoms with Gasteiger partial charge in [0.1, 0.15) is 0 Å². The molecule has 118 valence electrons. The van der Waals surface area contributed by atoms with Crippen LogP contribution in [0.1, 0.15) is 32.1 Å². The van der Waals surface area contributed by atoms with Crippen molar-refractivity contribution < 1.29 is 9.47 Å². The third-order valence-electron chi connectivity index (χ3n) is 4.72. The van der Waals surface area contributed by atoms with E-state index in [9.17, 15) is 0 Å². The van der Waals surface area contributed by atoms with Crippen LogP contribution in [0.4, 0.5) is 0 Å². The summed E-state index contributed by atoms with van der Waals surface area (Å²) in [5, 5.41) is 3.52. The molecule has 2 unspecified atom stereocenters. The summed E-state index contributed by atoms with van der Waals surface area (Å²) in [5.41, 5.74) is 0. The van der Waals surface area contributed by atoms with E-state index in [-0.39, 0.29) is 12.4 Å². The number of halogens is 1. The first-order valence-electron chi connectivity index (χ1n) is 8.06. The second-order valence-electron chi connectivity index (χ2n) is 6.33. The molecule has 4 nitrogen and oxygen atoms in total. The summed E-state index contributed by atoms with van der Waals surface area (Å²) in [5.74, 6) is 0.870. The van der Waals surface area contributed by atoms with Gasteiger partial charge in [0.2, 0.25) is 0 Å². The number of rotatable bonds is 4. The maximum atomic E-state index is 6.13. The zero-order chi connectivity index (χ0) is 12.9. The molecule has 0 bridgehead atoms. The van der Waals surface area contributed by atoms with Crippen LogP contribution in [0.15, 0.2) is 0 Å². The van der Waals surface area contributed by atoms with E-state index in [1.54, 1.807) is 0 Å². The molecule has 3 saturated heterocycles. The van der Waals surface area contributed by atoms with Gasteiger partial charge in [-0.15, -0.1) is 12.4 Å². The standard InChI is InChI=1S/C15H28N2O2.ClH/c1-2-13(10-16-6-1)11-17-7-3-14(4-8-17)19-15-5-9-18-12-15;/h13-16H,1-12H2;1H. The van der Waals surface area contributed by atoms with Crippen LogP contribution < -0.4 is 5.32 Å². The highest BCUT2D eigenvalue weighted by molar-refractivity contribution is 5.85. The summed E-state index contributed by atoms with van der Waals surface area (Å²) >= 11 is 0. The molecule has 0 aromatic heterocycles. The maximum Gasteiger partial charge on any atom is 0.0834 e. The van der Waals surface area contributed by atoms with Gasteiger partial charge in [0.25, 0.3) is 0 Å². The normalized spacial score (nSPS) is 33.0. The molecule has 0 aromatic carbocycles. The molecule has 3 heterocycles. The topological polar surface area (TPSA) is 33.7 Å². The van der Waals surface area contributed by atoms with E-state index >= 15 is 0 Å². The number of likely N-dealkylation sites (tertiary alicyclic amines) is 1. The van der Waals surface area contributed by atoms with E-state index in [0.717, 1.165) is 25.6 Å². The Balaban J connectivity index is 0.00000147. The Hall–Kier alpha value is 0.130. The molecule has 0 aromatic rings. The molecule has 20 heavy (non-hydrogen) atoms. The number of hydrogen-bond donors (Lipinski definition) is 1. The maximum absolute atomic E-state index is 6.13. The predicted molar refractivity (Wildman–Crippen MR) is 82.6 cm³/mol. The summed E-state index contributed by atoms with van der Waals surface area (Å²) in [6.45, 7) is 7.85. The average molecular weight is 305 g/mol. The monoisotopic (exact) mass is 304 g/mol. The zero-order valence-electron chi connectivity index (χ0n) is 12.4. The SMILES string of the molecule is C1CNCC(CN2CCC(OC3CCOC3)CC2)C1.Cl. The van der Waals surface area contributed by atoms with Crippen LogP contribution in [0.5, 0.6) is 0 Å². The first kappa shape index (κ1) is 16.5. The zero-order valence-corrected chi connectivity index (χ0v) is 13.2. The Kier molecular flexibility index (Phi) is 7.05. The molecule has 1 N–H and O–H groups in total. The number of nitrogens with zero attached hydrogens (tertiary/aromatic N) is 1. The number of hydrogen-bond acceptors (Lipinski definition) is 4. The quantitative estimate of drug-likeness (QED) is 0.857. The second-order valence-corrected chi connectivity index (χ2v) is 6.33. The fraction of sp³-hybridized carbons (Fsp3) is 1.00. The van der Waals surface area contributed by atoms with Crippen molar-refractivity contribution in [2.75, 3.05) is 45.9 Å². The molecule has 0 amide bonds. The fourth-order valence-corrected chi connectivity index (χ4v) is 3.57. The Morgan fingerprint density at radius 1 is 1.10 bits per heavy atom. The summed E-state index contributed by atoms with van der Waals surface area (Å²) in [7, 11) is 0. The Bertz CT molecular complexity index is 261. The van der Waals surface area contributed by atoms with E-state index in [1.165, 1.54) is 58.4 Å². The summed E-state index contributed by atoms with van der Waals surface area (Å²) in [6, 6.07) is 0. The van der Waals surface area contributed by atoms with Crippen molar-refractivity contribution in [1.29, 1.82) is 0 Å². The molecule has 3 fully saturated rings. The van der Waals surface area contributed by atoms with Gasteiger partial charge >= 0.3 is 0 Å². The van der Waals surface area contributed by atoms with Crippen molar-refractivity contribution >= 4 is 12.4 Å². The number of piperidine rings is 2. The van der Waals surface area contributed by atoms with Crippen LogP contribution in [0.2, 0.25) is 0 Å². The summed E-state index contributed by atoms with van der Waals surface area (Å²) < 4.78 is 11.5. The van der Waals surface area contributed by atoms with Crippen molar-refractivity contribution in [2.24, 2.45) is 5.92 Å². The van der Waals surface area contributed by atoms with Gasteiger partial charge in [0, 0.05) is 26.2 Å². The van der Waals surface area contributed by atoms with Crippen molar-refractivity contribution in [3.8, 4) is 0 Å². The first-order chi connectivity index (χ1) is 9.40. The van der Waals surface area contributed by atoms with E-state index in [1.807, 2.05) is 0 Å². The van der Waals surface area contributed by atoms with E-state index in [4.69, 9.17) is 9.47 Å². The van der Waals surface area contributed by atoms with Gasteiger partial charge in [0.15, 0.2) is 0 Å². The Morgan fingerprint density at radius 3 is 2.60 bits per heavy atom. The van der Waals surface area contributed by atoms with E-state index in [0.29, 0.717) is 12.2 Å². The predicted octanol–water partition coefficient (Wildman–Crippen LogP) is 1.68. The van der Waals surface area contributed by atoms with Crippen LogP contribution in [0.3, 0.4) is 0 Å². The van der Waals surface area contributed by atoms with Gasteiger partial charge in [-0.05, 0) is 51.1 Å². The highest BCUT2D eigenvalue weighted by Crippen LogP contribution is 2.21. The van der Waals surface area contributed by atoms with E-state index in [2.05, 4.69) is 10.2 Å². The molecule has 0 saturated carbocycles. The van der Waals surface area contributed by atoms with Crippen LogP contribution in [0.25, 0.3) is 0 Å². The van der Waals surface area contributed by atoms with Crippen LogP contribution in [-0.2, 0) is 9.47 Å². The molecule has 2 atom stereocenters. The Morgan fingerprint density at radius 2 is 1.95 bits per heavy atom. The summed E-state index contributed by atoms with van der Waals surface area (Å²) in [4.78, 5) is 2.64. The van der Waals surface area contributed by atoms with Gasteiger partial charge in [-0.2, -0.15) is 0 Å². The molecule has 3 aliphatic heterocycles. The third kappa shape index (κ3) is 4.85. The number of nitrogens with one attached hydrogen (secondary N) is 1. The lowest BCUT2D eigenvalue weighted by molar-refractivity contribution is -0.0455. The Labute approximate surface area is 129 Å². The van der Waals surface area contributed by atoms with Crippen LogP contribution >= 0.6 is 12.4 Å². The fourth-order valence-electron chi connectivity index (χ4n) is 3.57. The molecule has 5 heteroatoms. The van der Waals surface area contributed by atoms with E-state index < -0.39 is 0 Å². The van der Waals surface area contributed by atoms with Gasteiger partial charge in [-0.25, -0.2) is 0 Å². The third-order valence-corrected chi connectivity index (χ3v) is 4.72. The summed E-state index contributed by atoms with van der Waals surface area (Å²) in [6.07, 6.45) is 7.11. The molecular weight excluding hydrogens is 276 g/mol. The molecule has 3 aliphatic rings. The second kappa shape index (κ2) is 8.54. The van der Waals surface area contributed by atoms with Crippen molar-refractivity contribution in [3.63, 3.8) is 0 Å². The minimum absolute atomic E-state index is 0. The molecule has 0 aliphatic carbocycles. The minimum Gasteiger partial charge on any atom is -0.379 e. The largest absolute Gasteiger partial charge is 0.379 e. The van der Waals surface area contributed by atoms with Gasteiger partial charge in [-0.3, -0.25) is 0 Å². The minimum atomic E-state index is 0. The lowest BCUT2D eigenvalue weighted by Gasteiger charge is -2.36. The van der Waals surface area contributed by atoms with Gasteiger partial charge < -0.3 is 19.7 Å². The first-order valence-corrected chi connectivity index (χ1v) is 8.06. The molecular formula is C15H29ClN2O2. The molecule has 0 spiro atoms. The average Bonchev–Trinajstić information content (AvgIpc) is 2.95. The van der Waals surface area contributed by atoms with Gasteiger partial charge in [0.05, 0.1) is 18.8 Å². The number of ether oxygens (including phenoxy) is 2. The smallest absolute Gasteiger partial charge is 0.0834 e. The van der Waals surface area contributed by atoms with Crippen molar-refractivity contribution in [3.05, 3.63) is 0 Å². The van der Waals surface area contributed by atoms with Gasteiger partial charge in [-0.1, -0.05) is 0 Å².